The lowest BCUT2D eigenvalue weighted by molar-refractivity contribution is 0.214. The van der Waals surface area contributed by atoms with Crippen LogP contribution in [0, 0.1) is 5.92 Å². The first-order valence-electron chi connectivity index (χ1n) is 8.11. The second-order valence-electron chi connectivity index (χ2n) is 7.04. The average molecular weight is 309 g/mol. The van der Waals surface area contributed by atoms with Crippen LogP contribution in [0.15, 0.2) is 24.3 Å². The lowest BCUT2D eigenvalue weighted by Gasteiger charge is -2.38. The molecule has 1 aliphatic rings. The van der Waals surface area contributed by atoms with Crippen LogP contribution in [0.5, 0.6) is 0 Å². The molecule has 3 heteroatoms. The monoisotopic (exact) mass is 308 g/mol. The molecular weight excluding hydrogens is 280 g/mol. The van der Waals surface area contributed by atoms with Crippen LogP contribution in [0.1, 0.15) is 44.6 Å². The number of likely N-dealkylation sites (N-methyl/N-ethyl adjacent to an activating group) is 1. The highest BCUT2D eigenvalue weighted by Gasteiger charge is 2.31. The zero-order chi connectivity index (χ0) is 15.4. The van der Waals surface area contributed by atoms with Crippen molar-refractivity contribution in [3.05, 3.63) is 34.9 Å². The van der Waals surface area contributed by atoms with E-state index in [4.69, 9.17) is 11.6 Å². The first-order valence-corrected chi connectivity index (χ1v) is 8.49. The number of benzene rings is 1. The van der Waals surface area contributed by atoms with E-state index in [0.717, 1.165) is 17.5 Å². The third-order valence-electron chi connectivity index (χ3n) is 4.60. The Bertz CT molecular complexity index is 439. The van der Waals surface area contributed by atoms with Gasteiger partial charge in [-0.05, 0) is 56.8 Å². The van der Waals surface area contributed by atoms with Gasteiger partial charge in [-0.15, -0.1) is 0 Å². The summed E-state index contributed by atoms with van der Waals surface area (Å²) >= 11 is 6.28. The zero-order valence-electron chi connectivity index (χ0n) is 13.8. The van der Waals surface area contributed by atoms with E-state index in [1.807, 2.05) is 12.1 Å². The van der Waals surface area contributed by atoms with Crippen molar-refractivity contribution in [2.75, 3.05) is 20.6 Å². The summed E-state index contributed by atoms with van der Waals surface area (Å²) < 4.78 is 0. The topological polar surface area (TPSA) is 15.3 Å². The van der Waals surface area contributed by atoms with Crippen LogP contribution in [0.25, 0.3) is 0 Å². The molecule has 1 unspecified atom stereocenters. The molecule has 1 saturated carbocycles. The Morgan fingerprint density at radius 1 is 1.24 bits per heavy atom. The molecule has 1 fully saturated rings. The fraction of sp³-hybridized carbons (Fsp3) is 0.667. The molecule has 1 aromatic carbocycles. The van der Waals surface area contributed by atoms with E-state index >= 15 is 0 Å². The standard InChI is InChI=1S/C18H29ClN2/c1-13(2)9-16(21(3)4)12-20-15-10-14(11-15)17-7-5-6-8-18(17)19/h5-8,13-16,20H,9-12H2,1-4H3. The van der Waals surface area contributed by atoms with Crippen molar-refractivity contribution in [1.82, 2.24) is 10.2 Å². The summed E-state index contributed by atoms with van der Waals surface area (Å²) in [7, 11) is 4.37. The van der Waals surface area contributed by atoms with E-state index in [2.05, 4.69) is 50.3 Å². The van der Waals surface area contributed by atoms with Gasteiger partial charge in [-0.25, -0.2) is 0 Å². The normalized spacial score (nSPS) is 23.4. The van der Waals surface area contributed by atoms with Crippen LogP contribution >= 0.6 is 11.6 Å². The van der Waals surface area contributed by atoms with E-state index in [1.54, 1.807) is 0 Å². The number of nitrogens with one attached hydrogen (secondary N) is 1. The molecule has 1 aromatic rings. The maximum atomic E-state index is 6.28. The summed E-state index contributed by atoms with van der Waals surface area (Å²) in [5, 5.41) is 4.66. The predicted molar refractivity (Wildman–Crippen MR) is 92.1 cm³/mol. The molecule has 1 aliphatic carbocycles. The van der Waals surface area contributed by atoms with Gasteiger partial charge in [-0.1, -0.05) is 43.6 Å². The highest BCUT2D eigenvalue weighted by Crippen LogP contribution is 2.39. The molecule has 1 atom stereocenters. The molecule has 118 valence electrons. The van der Waals surface area contributed by atoms with E-state index < -0.39 is 0 Å². The van der Waals surface area contributed by atoms with Crippen LogP contribution in [-0.4, -0.2) is 37.6 Å². The van der Waals surface area contributed by atoms with Gasteiger partial charge in [0, 0.05) is 23.7 Å². The van der Waals surface area contributed by atoms with Crippen molar-refractivity contribution < 1.29 is 0 Å². The van der Waals surface area contributed by atoms with Crippen LogP contribution in [-0.2, 0) is 0 Å². The van der Waals surface area contributed by atoms with Crippen molar-refractivity contribution >= 4 is 11.6 Å². The largest absolute Gasteiger partial charge is 0.312 e. The highest BCUT2D eigenvalue weighted by atomic mass is 35.5. The quantitative estimate of drug-likeness (QED) is 0.814. The third-order valence-corrected chi connectivity index (χ3v) is 4.94. The molecule has 21 heavy (non-hydrogen) atoms. The van der Waals surface area contributed by atoms with Crippen LogP contribution in [0.4, 0.5) is 0 Å². The number of nitrogens with zero attached hydrogens (tertiary/aromatic N) is 1. The van der Waals surface area contributed by atoms with Gasteiger partial charge in [0.1, 0.15) is 0 Å². The van der Waals surface area contributed by atoms with E-state index in [0.29, 0.717) is 18.0 Å². The maximum Gasteiger partial charge on any atom is 0.0440 e. The molecule has 0 amide bonds. The van der Waals surface area contributed by atoms with E-state index in [9.17, 15) is 0 Å². The predicted octanol–water partition coefficient (Wildman–Crippen LogP) is 4.15. The minimum atomic E-state index is 0.629. The molecule has 0 aromatic heterocycles. The summed E-state index contributed by atoms with van der Waals surface area (Å²) in [6, 6.07) is 9.55. The first kappa shape index (κ1) is 16.8. The van der Waals surface area contributed by atoms with Gasteiger partial charge in [0.15, 0.2) is 0 Å². The molecule has 2 nitrogen and oxygen atoms in total. The number of hydrogen-bond donors (Lipinski definition) is 1. The summed E-state index contributed by atoms with van der Waals surface area (Å²) in [6.07, 6.45) is 3.68. The zero-order valence-corrected chi connectivity index (χ0v) is 14.5. The van der Waals surface area contributed by atoms with Crippen LogP contribution in [0.2, 0.25) is 5.02 Å². The van der Waals surface area contributed by atoms with Crippen molar-refractivity contribution in [2.45, 2.75) is 51.1 Å². The Balaban J connectivity index is 1.76. The lowest BCUT2D eigenvalue weighted by Crippen LogP contribution is -2.47. The average Bonchev–Trinajstić information content (AvgIpc) is 2.36. The van der Waals surface area contributed by atoms with Crippen LogP contribution in [0.3, 0.4) is 0 Å². The van der Waals surface area contributed by atoms with Crippen molar-refractivity contribution in [1.29, 1.82) is 0 Å². The van der Waals surface area contributed by atoms with Gasteiger partial charge in [-0.3, -0.25) is 0 Å². The molecular formula is C18H29ClN2. The third kappa shape index (κ3) is 4.70. The summed E-state index contributed by atoms with van der Waals surface area (Å²) in [6.45, 7) is 5.69. The molecule has 2 rings (SSSR count). The Hall–Kier alpha value is -0.570. The van der Waals surface area contributed by atoms with Crippen molar-refractivity contribution in [3.63, 3.8) is 0 Å². The van der Waals surface area contributed by atoms with Crippen molar-refractivity contribution in [2.24, 2.45) is 5.92 Å². The van der Waals surface area contributed by atoms with Gasteiger partial charge in [0.05, 0.1) is 0 Å². The lowest BCUT2D eigenvalue weighted by atomic mass is 9.75. The fourth-order valence-corrected chi connectivity index (χ4v) is 3.46. The molecule has 0 aliphatic heterocycles. The number of hydrogen-bond acceptors (Lipinski definition) is 2. The molecule has 0 saturated heterocycles. The molecule has 1 N–H and O–H groups in total. The summed E-state index contributed by atoms with van der Waals surface area (Å²) in [5.74, 6) is 1.38. The summed E-state index contributed by atoms with van der Waals surface area (Å²) in [4.78, 5) is 2.34. The fourth-order valence-electron chi connectivity index (χ4n) is 3.17. The Morgan fingerprint density at radius 2 is 1.90 bits per heavy atom. The van der Waals surface area contributed by atoms with Gasteiger partial charge in [-0.2, -0.15) is 0 Å². The number of halogens is 1. The number of rotatable bonds is 7. The van der Waals surface area contributed by atoms with Gasteiger partial charge >= 0.3 is 0 Å². The Labute approximate surface area is 134 Å². The van der Waals surface area contributed by atoms with Gasteiger partial charge in [0.2, 0.25) is 0 Å². The maximum absolute atomic E-state index is 6.28. The second kappa shape index (κ2) is 7.62. The van der Waals surface area contributed by atoms with E-state index in [-0.39, 0.29) is 0 Å². The molecule has 0 heterocycles. The van der Waals surface area contributed by atoms with Gasteiger partial charge < -0.3 is 10.2 Å². The Morgan fingerprint density at radius 3 is 2.48 bits per heavy atom. The van der Waals surface area contributed by atoms with Crippen molar-refractivity contribution in [3.8, 4) is 0 Å². The highest BCUT2D eigenvalue weighted by molar-refractivity contribution is 6.31. The van der Waals surface area contributed by atoms with Gasteiger partial charge in [0.25, 0.3) is 0 Å². The molecule has 0 radical (unpaired) electrons. The minimum Gasteiger partial charge on any atom is -0.312 e. The minimum absolute atomic E-state index is 0.629. The molecule has 0 bridgehead atoms. The smallest absolute Gasteiger partial charge is 0.0440 e. The SMILES string of the molecule is CC(C)CC(CNC1CC(c2ccccc2Cl)C1)N(C)C. The Kier molecular flexibility index (Phi) is 6.09. The van der Waals surface area contributed by atoms with E-state index in [1.165, 1.54) is 24.8 Å². The van der Waals surface area contributed by atoms with Crippen LogP contribution < -0.4 is 5.32 Å². The second-order valence-corrected chi connectivity index (χ2v) is 7.45. The molecule has 0 spiro atoms. The first-order chi connectivity index (χ1) is 9.97. The summed E-state index contributed by atoms with van der Waals surface area (Å²) in [5.41, 5.74) is 1.32.